The Balaban J connectivity index is 2.26. The Morgan fingerprint density at radius 3 is 2.35 bits per heavy atom. The largest absolute Gasteiger partial charge is 0.468 e. The summed E-state index contributed by atoms with van der Waals surface area (Å²) in [7, 11) is 1.27. The molecule has 1 aromatic heterocycles. The first-order chi connectivity index (χ1) is 9.46. The molecular weight excluding hydrogens is 258 g/mol. The molecule has 0 amide bonds. The van der Waals surface area contributed by atoms with Crippen molar-refractivity contribution in [2.45, 2.75) is 13.8 Å². The van der Waals surface area contributed by atoms with Crippen molar-refractivity contribution in [1.82, 2.24) is 14.8 Å². The van der Waals surface area contributed by atoms with Crippen LogP contribution in [0.4, 0.5) is 0 Å². The topological polar surface area (TPSA) is 74.1 Å². The summed E-state index contributed by atoms with van der Waals surface area (Å²) in [6, 6.07) is 6.80. The second kappa shape index (κ2) is 5.24. The number of rotatable bonds is 4. The van der Waals surface area contributed by atoms with Gasteiger partial charge >= 0.3 is 5.97 Å². The van der Waals surface area contributed by atoms with Crippen LogP contribution in [0.2, 0.25) is 0 Å². The van der Waals surface area contributed by atoms with Crippen molar-refractivity contribution >= 4 is 11.8 Å². The molecule has 20 heavy (non-hydrogen) atoms. The predicted octanol–water partition coefficient (Wildman–Crippen LogP) is 1.65. The number of ketones is 1. The minimum atomic E-state index is -1.20. The number of nitrogens with zero attached hydrogens (tertiary/aromatic N) is 3. The van der Waals surface area contributed by atoms with Crippen molar-refractivity contribution in [3.05, 3.63) is 42.5 Å². The second-order valence-corrected chi connectivity index (χ2v) is 4.83. The molecule has 6 nitrogen and oxygen atoms in total. The van der Waals surface area contributed by atoms with Crippen LogP contribution in [0.3, 0.4) is 0 Å². The maximum atomic E-state index is 12.3. The summed E-state index contributed by atoms with van der Waals surface area (Å²) in [5, 5.41) is 4.00. The maximum Gasteiger partial charge on any atom is 0.319 e. The number of benzene rings is 1. The van der Waals surface area contributed by atoms with Gasteiger partial charge in [0.15, 0.2) is 5.78 Å². The van der Waals surface area contributed by atoms with Crippen LogP contribution in [0, 0.1) is 5.41 Å². The quantitative estimate of drug-likeness (QED) is 0.481. The van der Waals surface area contributed by atoms with Crippen molar-refractivity contribution in [2.75, 3.05) is 7.11 Å². The van der Waals surface area contributed by atoms with E-state index in [0.29, 0.717) is 5.56 Å². The summed E-state index contributed by atoms with van der Waals surface area (Å²) < 4.78 is 6.24. The third kappa shape index (κ3) is 2.45. The molecule has 1 aromatic carbocycles. The minimum Gasteiger partial charge on any atom is -0.468 e. The summed E-state index contributed by atoms with van der Waals surface area (Å²) in [4.78, 5) is 27.8. The zero-order chi connectivity index (χ0) is 14.8. The highest BCUT2D eigenvalue weighted by atomic mass is 16.5. The Kier molecular flexibility index (Phi) is 3.65. The first-order valence-electron chi connectivity index (χ1n) is 6.05. The molecule has 6 heteroatoms. The molecule has 0 aliphatic carbocycles. The van der Waals surface area contributed by atoms with Gasteiger partial charge in [-0.15, -0.1) is 0 Å². The van der Waals surface area contributed by atoms with Gasteiger partial charge in [-0.1, -0.05) is 0 Å². The van der Waals surface area contributed by atoms with Gasteiger partial charge in [0.05, 0.1) is 12.8 Å². The summed E-state index contributed by atoms with van der Waals surface area (Å²) in [5.41, 5.74) is 0.0305. The molecule has 0 radical (unpaired) electrons. The lowest BCUT2D eigenvalue weighted by atomic mass is 9.84. The predicted molar refractivity (Wildman–Crippen MR) is 71.5 cm³/mol. The van der Waals surface area contributed by atoms with E-state index in [1.54, 1.807) is 49.1 Å². The Morgan fingerprint density at radius 2 is 1.85 bits per heavy atom. The molecule has 0 unspecified atom stereocenters. The van der Waals surface area contributed by atoms with Gasteiger partial charge in [-0.25, -0.2) is 9.67 Å². The monoisotopic (exact) mass is 273 g/mol. The van der Waals surface area contributed by atoms with Gasteiger partial charge in [-0.2, -0.15) is 5.10 Å². The van der Waals surface area contributed by atoms with E-state index in [0.717, 1.165) is 5.69 Å². The van der Waals surface area contributed by atoms with E-state index in [4.69, 9.17) is 0 Å². The van der Waals surface area contributed by atoms with E-state index in [1.165, 1.54) is 13.4 Å². The molecular formula is C14H15N3O3. The van der Waals surface area contributed by atoms with Crippen LogP contribution < -0.4 is 0 Å². The average molecular weight is 273 g/mol. The fourth-order valence-electron chi connectivity index (χ4n) is 1.82. The molecule has 0 saturated heterocycles. The minimum absolute atomic E-state index is 0.283. The average Bonchev–Trinajstić information content (AvgIpc) is 2.99. The van der Waals surface area contributed by atoms with E-state index in [-0.39, 0.29) is 5.78 Å². The van der Waals surface area contributed by atoms with Crippen LogP contribution >= 0.6 is 0 Å². The number of hydrogen-bond donors (Lipinski definition) is 0. The van der Waals surface area contributed by atoms with Crippen molar-refractivity contribution in [3.8, 4) is 5.69 Å². The van der Waals surface area contributed by atoms with E-state index >= 15 is 0 Å². The van der Waals surface area contributed by atoms with Crippen LogP contribution in [0.1, 0.15) is 24.2 Å². The number of carbonyl (C=O) groups is 2. The lowest BCUT2D eigenvalue weighted by molar-refractivity contribution is -0.147. The van der Waals surface area contributed by atoms with E-state index < -0.39 is 11.4 Å². The normalized spacial score (nSPS) is 11.2. The van der Waals surface area contributed by atoms with Crippen molar-refractivity contribution in [1.29, 1.82) is 0 Å². The van der Waals surface area contributed by atoms with E-state index in [9.17, 15) is 9.59 Å². The van der Waals surface area contributed by atoms with Crippen molar-refractivity contribution in [3.63, 3.8) is 0 Å². The molecule has 1 heterocycles. The van der Waals surface area contributed by atoms with Gasteiger partial charge in [0, 0.05) is 5.56 Å². The molecule has 0 aliphatic rings. The highest BCUT2D eigenvalue weighted by Crippen LogP contribution is 2.24. The van der Waals surface area contributed by atoms with Crippen LogP contribution in [-0.2, 0) is 9.53 Å². The molecule has 104 valence electrons. The number of methoxy groups -OCH3 is 1. The standard InChI is InChI=1S/C14H15N3O3/c1-14(2,13(19)20-3)12(18)10-4-6-11(7-5-10)17-9-15-8-16-17/h4-9H,1-3H3. The lowest BCUT2D eigenvalue weighted by Crippen LogP contribution is -2.34. The van der Waals surface area contributed by atoms with Crippen LogP contribution in [-0.4, -0.2) is 33.6 Å². The van der Waals surface area contributed by atoms with Crippen LogP contribution in [0.5, 0.6) is 0 Å². The Morgan fingerprint density at radius 1 is 1.20 bits per heavy atom. The fourth-order valence-corrected chi connectivity index (χ4v) is 1.82. The van der Waals surface area contributed by atoms with Gasteiger partial charge in [0.2, 0.25) is 0 Å². The second-order valence-electron chi connectivity index (χ2n) is 4.83. The van der Waals surface area contributed by atoms with Crippen LogP contribution in [0.25, 0.3) is 5.69 Å². The highest BCUT2D eigenvalue weighted by molar-refractivity contribution is 6.11. The number of aromatic nitrogens is 3. The molecule has 0 aliphatic heterocycles. The summed E-state index contributed by atoms with van der Waals surface area (Å²) in [5.74, 6) is -0.836. The van der Waals surface area contributed by atoms with Gasteiger partial charge in [0.25, 0.3) is 0 Å². The molecule has 2 rings (SSSR count). The molecule has 0 N–H and O–H groups in total. The number of ether oxygens (including phenoxy) is 1. The lowest BCUT2D eigenvalue weighted by Gasteiger charge is -2.19. The summed E-state index contributed by atoms with van der Waals surface area (Å²) in [6.07, 6.45) is 2.99. The van der Waals surface area contributed by atoms with Crippen molar-refractivity contribution in [2.24, 2.45) is 5.41 Å². The number of esters is 1. The summed E-state index contributed by atoms with van der Waals surface area (Å²) >= 11 is 0. The highest BCUT2D eigenvalue weighted by Gasteiger charge is 2.37. The Labute approximate surface area is 116 Å². The Bertz CT molecular complexity index is 616. The molecule has 0 fully saturated rings. The fraction of sp³-hybridized carbons (Fsp3) is 0.286. The smallest absolute Gasteiger partial charge is 0.319 e. The maximum absolute atomic E-state index is 12.3. The zero-order valence-electron chi connectivity index (χ0n) is 11.5. The van der Waals surface area contributed by atoms with Gasteiger partial charge in [0.1, 0.15) is 18.1 Å². The first kappa shape index (κ1) is 13.9. The molecule has 0 atom stereocenters. The number of Topliss-reactive ketones (excluding diaryl/α,β-unsaturated/α-hetero) is 1. The van der Waals surface area contributed by atoms with Crippen LogP contribution in [0.15, 0.2) is 36.9 Å². The third-order valence-electron chi connectivity index (χ3n) is 3.08. The van der Waals surface area contributed by atoms with Gasteiger partial charge in [-0.05, 0) is 38.1 Å². The molecule has 0 bridgehead atoms. The Hall–Kier alpha value is -2.50. The molecule has 0 spiro atoms. The van der Waals surface area contributed by atoms with Crippen molar-refractivity contribution < 1.29 is 14.3 Å². The molecule has 2 aromatic rings. The van der Waals surface area contributed by atoms with E-state index in [2.05, 4.69) is 14.8 Å². The zero-order valence-corrected chi connectivity index (χ0v) is 11.5. The van der Waals surface area contributed by atoms with Gasteiger partial charge < -0.3 is 4.74 Å². The number of carbonyl (C=O) groups excluding carboxylic acids is 2. The summed E-state index contributed by atoms with van der Waals surface area (Å²) in [6.45, 7) is 3.10. The molecule has 0 saturated carbocycles. The van der Waals surface area contributed by atoms with Gasteiger partial charge in [-0.3, -0.25) is 9.59 Å². The number of hydrogen-bond acceptors (Lipinski definition) is 5. The van der Waals surface area contributed by atoms with E-state index in [1.807, 2.05) is 0 Å². The third-order valence-corrected chi connectivity index (χ3v) is 3.08. The SMILES string of the molecule is COC(=O)C(C)(C)C(=O)c1ccc(-n2cncn2)cc1. The first-order valence-corrected chi connectivity index (χ1v) is 6.05.